The molecule has 0 saturated heterocycles. The van der Waals surface area contributed by atoms with Crippen LogP contribution in [0.15, 0.2) is 24.3 Å². The van der Waals surface area contributed by atoms with Gasteiger partial charge in [-0.2, -0.15) is 0 Å². The van der Waals surface area contributed by atoms with Crippen LogP contribution in [0.1, 0.15) is 39.5 Å². The Morgan fingerprint density at radius 3 is 2.86 bits per heavy atom. The number of nitrogens with one attached hydrogen (secondary N) is 1. The molecule has 4 heteroatoms. The SMILES string of the molecule is CC1CCCC(NC(=O)CCOc2ccccc2Cl)C1C. The molecule has 0 spiro atoms. The first-order valence-corrected chi connectivity index (χ1v) is 8.12. The predicted octanol–water partition coefficient (Wildman–Crippen LogP) is 4.05. The van der Waals surface area contributed by atoms with E-state index >= 15 is 0 Å². The van der Waals surface area contributed by atoms with E-state index in [-0.39, 0.29) is 5.91 Å². The van der Waals surface area contributed by atoms with Crippen molar-refractivity contribution in [3.05, 3.63) is 29.3 Å². The number of hydrogen-bond donors (Lipinski definition) is 1. The summed E-state index contributed by atoms with van der Waals surface area (Å²) >= 11 is 6.00. The summed E-state index contributed by atoms with van der Waals surface area (Å²) in [7, 11) is 0. The molecule has 0 aliphatic heterocycles. The highest BCUT2D eigenvalue weighted by atomic mass is 35.5. The predicted molar refractivity (Wildman–Crippen MR) is 85.7 cm³/mol. The molecule has 1 N–H and O–H groups in total. The lowest BCUT2D eigenvalue weighted by molar-refractivity contribution is -0.123. The molecule has 1 fully saturated rings. The molecule has 0 radical (unpaired) electrons. The van der Waals surface area contributed by atoms with Crippen LogP contribution in [-0.4, -0.2) is 18.6 Å². The van der Waals surface area contributed by atoms with E-state index in [1.54, 1.807) is 6.07 Å². The molecule has 3 unspecified atom stereocenters. The van der Waals surface area contributed by atoms with E-state index in [0.717, 1.165) is 6.42 Å². The Hall–Kier alpha value is -1.22. The standard InChI is InChI=1S/C17H24ClNO2/c1-12-6-5-8-15(13(12)2)19-17(20)10-11-21-16-9-4-3-7-14(16)18/h3-4,7,9,12-13,15H,5-6,8,10-11H2,1-2H3,(H,19,20). The molecular formula is C17H24ClNO2. The van der Waals surface area contributed by atoms with Crippen LogP contribution < -0.4 is 10.1 Å². The van der Waals surface area contributed by atoms with Gasteiger partial charge in [0.15, 0.2) is 0 Å². The summed E-state index contributed by atoms with van der Waals surface area (Å²) in [6, 6.07) is 7.62. The van der Waals surface area contributed by atoms with Crippen molar-refractivity contribution in [2.45, 2.75) is 45.6 Å². The first-order chi connectivity index (χ1) is 10.1. The van der Waals surface area contributed by atoms with Crippen molar-refractivity contribution in [2.75, 3.05) is 6.61 Å². The average Bonchev–Trinajstić information content (AvgIpc) is 2.46. The monoisotopic (exact) mass is 309 g/mol. The molecule has 1 saturated carbocycles. The summed E-state index contributed by atoms with van der Waals surface area (Å²) in [5.74, 6) is 1.93. The minimum Gasteiger partial charge on any atom is -0.491 e. The molecule has 3 atom stereocenters. The normalized spacial score (nSPS) is 25.4. The maximum Gasteiger partial charge on any atom is 0.223 e. The number of ether oxygens (including phenoxy) is 1. The summed E-state index contributed by atoms with van der Waals surface area (Å²) in [4.78, 5) is 12.0. The van der Waals surface area contributed by atoms with Crippen LogP contribution >= 0.6 is 11.6 Å². The van der Waals surface area contributed by atoms with Crippen molar-refractivity contribution in [2.24, 2.45) is 11.8 Å². The summed E-state index contributed by atoms with van der Waals surface area (Å²) in [5, 5.41) is 3.72. The van der Waals surface area contributed by atoms with Crippen LogP contribution in [0.3, 0.4) is 0 Å². The Kier molecular flexibility index (Phi) is 5.92. The third kappa shape index (κ3) is 4.63. The van der Waals surface area contributed by atoms with E-state index in [9.17, 15) is 4.79 Å². The minimum atomic E-state index is 0.0630. The maximum absolute atomic E-state index is 12.0. The largest absolute Gasteiger partial charge is 0.491 e. The lowest BCUT2D eigenvalue weighted by Gasteiger charge is -2.34. The number of carbonyl (C=O) groups is 1. The number of hydrogen-bond acceptors (Lipinski definition) is 2. The smallest absolute Gasteiger partial charge is 0.223 e. The number of amides is 1. The second kappa shape index (κ2) is 7.69. The van der Waals surface area contributed by atoms with Crippen molar-refractivity contribution >= 4 is 17.5 Å². The van der Waals surface area contributed by atoms with Crippen molar-refractivity contribution in [3.8, 4) is 5.75 Å². The Morgan fingerprint density at radius 1 is 1.33 bits per heavy atom. The lowest BCUT2D eigenvalue weighted by Crippen LogP contribution is -2.44. The van der Waals surface area contributed by atoms with Gasteiger partial charge in [-0.1, -0.05) is 50.4 Å². The zero-order valence-electron chi connectivity index (χ0n) is 12.8. The van der Waals surface area contributed by atoms with Gasteiger partial charge >= 0.3 is 0 Å². The Bertz CT molecular complexity index is 478. The average molecular weight is 310 g/mol. The van der Waals surface area contributed by atoms with Gasteiger partial charge in [-0.3, -0.25) is 4.79 Å². The number of benzene rings is 1. The molecule has 1 aliphatic rings. The molecule has 0 bridgehead atoms. The van der Waals surface area contributed by atoms with Gasteiger partial charge in [0.25, 0.3) is 0 Å². The van der Waals surface area contributed by atoms with E-state index in [2.05, 4.69) is 19.2 Å². The minimum absolute atomic E-state index is 0.0630. The van der Waals surface area contributed by atoms with E-state index in [0.29, 0.717) is 41.7 Å². The van der Waals surface area contributed by atoms with Crippen LogP contribution in [0.2, 0.25) is 5.02 Å². The highest BCUT2D eigenvalue weighted by Gasteiger charge is 2.27. The number of halogens is 1. The number of carbonyl (C=O) groups excluding carboxylic acids is 1. The van der Waals surface area contributed by atoms with Crippen LogP contribution in [-0.2, 0) is 4.79 Å². The van der Waals surface area contributed by atoms with Gasteiger partial charge in [0.2, 0.25) is 5.91 Å². The maximum atomic E-state index is 12.0. The zero-order chi connectivity index (χ0) is 15.2. The van der Waals surface area contributed by atoms with Gasteiger partial charge in [0, 0.05) is 6.04 Å². The number of para-hydroxylation sites is 1. The van der Waals surface area contributed by atoms with Crippen LogP contribution in [0.5, 0.6) is 5.75 Å². The molecule has 21 heavy (non-hydrogen) atoms. The second-order valence-corrected chi connectivity index (χ2v) is 6.38. The first-order valence-electron chi connectivity index (χ1n) is 7.74. The van der Waals surface area contributed by atoms with E-state index in [1.807, 2.05) is 18.2 Å². The summed E-state index contributed by atoms with van der Waals surface area (Å²) < 4.78 is 5.55. The molecule has 0 heterocycles. The topological polar surface area (TPSA) is 38.3 Å². The molecular weight excluding hydrogens is 286 g/mol. The van der Waals surface area contributed by atoms with Gasteiger partial charge in [-0.15, -0.1) is 0 Å². The molecule has 1 aliphatic carbocycles. The van der Waals surface area contributed by atoms with Crippen molar-refractivity contribution in [1.82, 2.24) is 5.32 Å². The Labute approximate surface area is 132 Å². The fourth-order valence-corrected chi connectivity index (χ4v) is 3.07. The first kappa shape index (κ1) is 16.2. The van der Waals surface area contributed by atoms with Crippen LogP contribution in [0.25, 0.3) is 0 Å². The van der Waals surface area contributed by atoms with Gasteiger partial charge in [-0.05, 0) is 30.4 Å². The highest BCUT2D eigenvalue weighted by molar-refractivity contribution is 6.32. The summed E-state index contributed by atoms with van der Waals surface area (Å²) in [6.07, 6.45) is 3.92. The lowest BCUT2D eigenvalue weighted by atomic mass is 9.78. The third-order valence-electron chi connectivity index (χ3n) is 4.48. The molecule has 1 aromatic carbocycles. The fraction of sp³-hybridized carbons (Fsp3) is 0.588. The molecule has 116 valence electrons. The quantitative estimate of drug-likeness (QED) is 0.891. The Balaban J connectivity index is 1.74. The van der Waals surface area contributed by atoms with Crippen molar-refractivity contribution in [1.29, 1.82) is 0 Å². The second-order valence-electron chi connectivity index (χ2n) is 5.97. The van der Waals surface area contributed by atoms with Crippen LogP contribution in [0, 0.1) is 11.8 Å². The molecule has 2 rings (SSSR count). The van der Waals surface area contributed by atoms with Gasteiger partial charge in [-0.25, -0.2) is 0 Å². The molecule has 1 aromatic rings. The van der Waals surface area contributed by atoms with Crippen LogP contribution in [0.4, 0.5) is 0 Å². The van der Waals surface area contributed by atoms with E-state index in [4.69, 9.17) is 16.3 Å². The number of rotatable bonds is 5. The molecule has 3 nitrogen and oxygen atoms in total. The van der Waals surface area contributed by atoms with E-state index in [1.165, 1.54) is 12.8 Å². The van der Waals surface area contributed by atoms with Gasteiger partial charge < -0.3 is 10.1 Å². The van der Waals surface area contributed by atoms with Crippen molar-refractivity contribution < 1.29 is 9.53 Å². The van der Waals surface area contributed by atoms with Crippen molar-refractivity contribution in [3.63, 3.8) is 0 Å². The van der Waals surface area contributed by atoms with E-state index < -0.39 is 0 Å². The Morgan fingerprint density at radius 2 is 2.10 bits per heavy atom. The molecule has 0 aromatic heterocycles. The third-order valence-corrected chi connectivity index (χ3v) is 4.79. The van der Waals surface area contributed by atoms with Gasteiger partial charge in [0.05, 0.1) is 18.1 Å². The van der Waals surface area contributed by atoms with Gasteiger partial charge in [0.1, 0.15) is 5.75 Å². The highest BCUT2D eigenvalue weighted by Crippen LogP contribution is 2.29. The molecule has 1 amide bonds. The fourth-order valence-electron chi connectivity index (χ4n) is 2.88. The summed E-state index contributed by atoms with van der Waals surface area (Å²) in [5.41, 5.74) is 0. The zero-order valence-corrected chi connectivity index (χ0v) is 13.5. The summed E-state index contributed by atoms with van der Waals surface area (Å²) in [6.45, 7) is 4.85.